The van der Waals surface area contributed by atoms with Crippen LogP contribution >= 0.6 is 0 Å². The first-order valence-corrected chi connectivity index (χ1v) is 9.53. The molecule has 0 aliphatic carbocycles. The van der Waals surface area contributed by atoms with E-state index in [1.807, 2.05) is 0 Å². The van der Waals surface area contributed by atoms with Crippen LogP contribution in [0.15, 0.2) is 24.3 Å². The van der Waals surface area contributed by atoms with Crippen molar-refractivity contribution in [1.29, 1.82) is 0 Å². The van der Waals surface area contributed by atoms with Gasteiger partial charge in [-0.1, -0.05) is 25.5 Å². The molecule has 0 amide bonds. The highest BCUT2D eigenvalue weighted by atomic mass is 16.5. The number of nitrogens with zero attached hydrogens (tertiary/aromatic N) is 1. The van der Waals surface area contributed by atoms with E-state index in [1.54, 1.807) is 0 Å². The minimum atomic E-state index is 0.579. The Morgan fingerprint density at radius 3 is 2.35 bits per heavy atom. The molecule has 3 heteroatoms. The Labute approximate surface area is 143 Å². The summed E-state index contributed by atoms with van der Waals surface area (Å²) in [4.78, 5) is 0. The zero-order valence-corrected chi connectivity index (χ0v) is 14.7. The Morgan fingerprint density at radius 2 is 1.78 bits per heavy atom. The SMILES string of the molecule is [B]CC(CCOc1ccc(CCC)cc1)[N+]12CCC(CC1)CC2. The summed E-state index contributed by atoms with van der Waals surface area (Å²) in [6.07, 6.45) is 8.46. The molecule has 2 nitrogen and oxygen atoms in total. The minimum Gasteiger partial charge on any atom is -0.493 e. The van der Waals surface area contributed by atoms with Gasteiger partial charge in [0.1, 0.15) is 5.75 Å². The summed E-state index contributed by atoms with van der Waals surface area (Å²) in [6, 6.07) is 9.19. The Balaban J connectivity index is 1.50. The summed E-state index contributed by atoms with van der Waals surface area (Å²) >= 11 is 0. The maximum atomic E-state index is 6.14. The zero-order valence-electron chi connectivity index (χ0n) is 14.7. The molecule has 1 aromatic carbocycles. The minimum absolute atomic E-state index is 0.579. The monoisotopic (exact) mass is 312 g/mol. The number of quaternary nitrogens is 1. The van der Waals surface area contributed by atoms with E-state index in [-0.39, 0.29) is 0 Å². The molecule has 4 rings (SSSR count). The molecule has 3 fully saturated rings. The Morgan fingerprint density at radius 1 is 1.13 bits per heavy atom. The summed E-state index contributed by atoms with van der Waals surface area (Å²) in [6.45, 7) is 7.04. The summed E-state index contributed by atoms with van der Waals surface area (Å²) < 4.78 is 7.27. The lowest BCUT2D eigenvalue weighted by molar-refractivity contribution is -0.963. The number of benzene rings is 1. The van der Waals surface area contributed by atoms with Crippen molar-refractivity contribution in [1.82, 2.24) is 0 Å². The van der Waals surface area contributed by atoms with Crippen molar-refractivity contribution in [3.8, 4) is 5.75 Å². The third kappa shape index (κ3) is 3.93. The van der Waals surface area contributed by atoms with Gasteiger partial charge < -0.3 is 9.22 Å². The molecule has 1 aromatic rings. The van der Waals surface area contributed by atoms with Gasteiger partial charge in [0.25, 0.3) is 0 Å². The second-order valence-electron chi connectivity index (χ2n) is 7.54. The smallest absolute Gasteiger partial charge is 0.119 e. The predicted molar refractivity (Wildman–Crippen MR) is 97.1 cm³/mol. The van der Waals surface area contributed by atoms with Gasteiger partial charge in [-0.2, -0.15) is 0 Å². The van der Waals surface area contributed by atoms with Gasteiger partial charge in [-0.3, -0.25) is 0 Å². The molecule has 0 spiro atoms. The Bertz CT molecular complexity index is 465. The van der Waals surface area contributed by atoms with Crippen molar-refractivity contribution < 1.29 is 9.22 Å². The van der Waals surface area contributed by atoms with Gasteiger partial charge in [-0.05, 0) is 55.6 Å². The van der Waals surface area contributed by atoms with Crippen molar-refractivity contribution in [2.24, 2.45) is 5.92 Å². The fourth-order valence-corrected chi connectivity index (χ4v) is 4.60. The number of piperidine rings is 3. The van der Waals surface area contributed by atoms with E-state index in [0.29, 0.717) is 6.04 Å². The molecule has 3 saturated heterocycles. The largest absolute Gasteiger partial charge is 0.493 e. The predicted octanol–water partition coefficient (Wildman–Crippen LogP) is 3.99. The van der Waals surface area contributed by atoms with Gasteiger partial charge in [0.2, 0.25) is 0 Å². The molecule has 0 aromatic heterocycles. The molecule has 23 heavy (non-hydrogen) atoms. The standard InChI is InChI=1S/C20H31BNO/c1-2-3-17-4-6-20(7-5-17)23-15-11-19(16-21)22-12-8-18(9-13-22)10-14-22/h4-7,18-19H,2-3,8-16H2,1H3/q+1. The second kappa shape index (κ2) is 7.74. The van der Waals surface area contributed by atoms with Crippen molar-refractivity contribution in [3.63, 3.8) is 0 Å². The zero-order chi connectivity index (χ0) is 16.1. The average molecular weight is 312 g/mol. The molecule has 3 aliphatic heterocycles. The van der Waals surface area contributed by atoms with E-state index in [1.165, 1.54) is 55.4 Å². The highest BCUT2D eigenvalue weighted by molar-refractivity contribution is 6.08. The van der Waals surface area contributed by atoms with Crippen LogP contribution in [0.1, 0.15) is 44.6 Å². The number of rotatable bonds is 8. The fourth-order valence-electron chi connectivity index (χ4n) is 4.60. The van der Waals surface area contributed by atoms with Crippen LogP contribution in [0.3, 0.4) is 0 Å². The normalized spacial score (nSPS) is 27.8. The van der Waals surface area contributed by atoms with Gasteiger partial charge in [-0.15, -0.1) is 0 Å². The highest BCUT2D eigenvalue weighted by Gasteiger charge is 2.43. The van der Waals surface area contributed by atoms with Crippen molar-refractivity contribution in [3.05, 3.63) is 29.8 Å². The maximum absolute atomic E-state index is 6.14. The number of hydrogen-bond acceptors (Lipinski definition) is 1. The van der Waals surface area contributed by atoms with Gasteiger partial charge >= 0.3 is 0 Å². The van der Waals surface area contributed by atoms with Crippen molar-refractivity contribution in [2.45, 2.75) is 57.8 Å². The van der Waals surface area contributed by atoms with Gasteiger partial charge in [0.05, 0.1) is 40.1 Å². The molecule has 2 radical (unpaired) electrons. The summed E-state index contributed by atoms with van der Waals surface area (Å²) in [5, 5.41) is 0. The van der Waals surface area contributed by atoms with Crippen LogP contribution in [-0.4, -0.2) is 44.6 Å². The molecule has 3 aliphatic rings. The third-order valence-corrected chi connectivity index (χ3v) is 6.18. The first-order chi connectivity index (χ1) is 11.3. The number of fused-ring (bicyclic) bond motifs is 3. The van der Waals surface area contributed by atoms with E-state index >= 15 is 0 Å². The Kier molecular flexibility index (Phi) is 5.69. The van der Waals surface area contributed by atoms with Crippen LogP contribution in [0.5, 0.6) is 5.75 Å². The first kappa shape index (κ1) is 16.9. The maximum Gasteiger partial charge on any atom is 0.119 e. The summed E-state index contributed by atoms with van der Waals surface area (Å²) in [5.41, 5.74) is 1.40. The molecule has 0 N–H and O–H groups in total. The Hall–Kier alpha value is -0.955. The lowest BCUT2D eigenvalue weighted by Crippen LogP contribution is -2.63. The average Bonchev–Trinajstić information content (AvgIpc) is 2.62. The van der Waals surface area contributed by atoms with E-state index in [9.17, 15) is 0 Å². The van der Waals surface area contributed by atoms with Crippen LogP contribution in [-0.2, 0) is 6.42 Å². The molecule has 2 bridgehead atoms. The van der Waals surface area contributed by atoms with Crippen LogP contribution in [0.25, 0.3) is 0 Å². The second-order valence-corrected chi connectivity index (χ2v) is 7.54. The fraction of sp³-hybridized carbons (Fsp3) is 0.700. The molecular weight excluding hydrogens is 281 g/mol. The quantitative estimate of drug-likeness (QED) is 0.521. The number of ether oxygens (including phenoxy) is 1. The van der Waals surface area contributed by atoms with Gasteiger partial charge in [0.15, 0.2) is 0 Å². The summed E-state index contributed by atoms with van der Waals surface area (Å²) in [7, 11) is 6.14. The topological polar surface area (TPSA) is 9.23 Å². The molecule has 124 valence electrons. The van der Waals surface area contributed by atoms with Crippen LogP contribution in [0.2, 0.25) is 6.32 Å². The van der Waals surface area contributed by atoms with Crippen molar-refractivity contribution in [2.75, 3.05) is 26.2 Å². The van der Waals surface area contributed by atoms with Gasteiger partial charge in [0, 0.05) is 6.42 Å². The lowest BCUT2D eigenvalue weighted by Gasteiger charge is -2.53. The van der Waals surface area contributed by atoms with Crippen molar-refractivity contribution >= 4 is 7.85 Å². The molecule has 1 atom stereocenters. The van der Waals surface area contributed by atoms with E-state index in [4.69, 9.17) is 12.6 Å². The molecule has 3 heterocycles. The van der Waals surface area contributed by atoms with E-state index in [2.05, 4.69) is 31.2 Å². The number of aryl methyl sites for hydroxylation is 1. The van der Waals surface area contributed by atoms with Crippen LogP contribution < -0.4 is 4.74 Å². The van der Waals surface area contributed by atoms with E-state index < -0.39 is 0 Å². The number of hydrogen-bond donors (Lipinski definition) is 0. The van der Waals surface area contributed by atoms with Crippen LogP contribution in [0.4, 0.5) is 0 Å². The van der Waals surface area contributed by atoms with Gasteiger partial charge in [-0.25, -0.2) is 0 Å². The molecule has 0 saturated carbocycles. The lowest BCUT2D eigenvalue weighted by atomic mass is 9.81. The third-order valence-electron chi connectivity index (χ3n) is 6.18. The molecular formula is C20H31BNO+. The summed E-state index contributed by atoms with van der Waals surface area (Å²) in [5.74, 6) is 2.00. The van der Waals surface area contributed by atoms with E-state index in [0.717, 1.165) is 37.4 Å². The van der Waals surface area contributed by atoms with Crippen LogP contribution in [0, 0.1) is 5.92 Å². The first-order valence-electron chi connectivity index (χ1n) is 9.53. The molecule has 1 unspecified atom stereocenters. The highest BCUT2D eigenvalue weighted by Crippen LogP contribution is 2.37.